The number of hydrogen-bond donors (Lipinski definition) is 1. The van der Waals surface area contributed by atoms with Crippen LogP contribution in [0.2, 0.25) is 5.02 Å². The average molecular weight is 556 g/mol. The number of nitrogens with zero attached hydrogens (tertiary/aromatic N) is 2. The van der Waals surface area contributed by atoms with Gasteiger partial charge in [0.05, 0.1) is 23.9 Å². The topological polar surface area (TPSA) is 90.3 Å². The van der Waals surface area contributed by atoms with Crippen LogP contribution in [0, 0.1) is 12.8 Å². The maximum Gasteiger partial charge on any atom is 0.341 e. The van der Waals surface area contributed by atoms with Crippen molar-refractivity contribution in [3.8, 4) is 11.1 Å². The summed E-state index contributed by atoms with van der Waals surface area (Å²) in [6, 6.07) is 7.31. The first kappa shape index (κ1) is 25.6. The van der Waals surface area contributed by atoms with Gasteiger partial charge in [-0.25, -0.2) is 9.78 Å². The molecule has 0 bridgehead atoms. The fraction of sp³-hybridized carbons (Fsp3) is 0.333. The molecule has 1 unspecified atom stereocenters. The van der Waals surface area contributed by atoms with E-state index in [1.165, 1.54) is 33.6 Å². The number of carbonyl (C=O) groups is 2. The molecule has 1 aliphatic carbocycles. The second-order valence-corrected chi connectivity index (χ2v) is 12.0. The molecule has 0 radical (unpaired) electrons. The third-order valence-electron chi connectivity index (χ3n) is 6.55. The van der Waals surface area contributed by atoms with Crippen molar-refractivity contribution in [2.45, 2.75) is 46.6 Å². The molecular formula is C27H26ClN3O4S2. The molecular weight excluding hydrogens is 530 g/mol. The third kappa shape index (κ3) is 4.95. The zero-order valence-corrected chi connectivity index (χ0v) is 23.1. The number of halogens is 1. The summed E-state index contributed by atoms with van der Waals surface area (Å²) < 4.78 is 6.60. The van der Waals surface area contributed by atoms with Gasteiger partial charge in [-0.15, -0.1) is 22.7 Å². The second-order valence-electron chi connectivity index (χ2n) is 9.22. The van der Waals surface area contributed by atoms with Crippen LogP contribution in [0.3, 0.4) is 0 Å². The van der Waals surface area contributed by atoms with Crippen molar-refractivity contribution >= 4 is 61.4 Å². The largest absolute Gasteiger partial charge is 0.462 e. The van der Waals surface area contributed by atoms with E-state index < -0.39 is 11.9 Å². The maximum absolute atomic E-state index is 13.5. The lowest BCUT2D eigenvalue weighted by molar-refractivity contribution is -0.116. The Morgan fingerprint density at radius 3 is 2.73 bits per heavy atom. The van der Waals surface area contributed by atoms with E-state index in [1.807, 2.05) is 19.1 Å². The van der Waals surface area contributed by atoms with Gasteiger partial charge in [0.1, 0.15) is 16.4 Å². The number of aromatic nitrogens is 2. The van der Waals surface area contributed by atoms with E-state index in [-0.39, 0.29) is 18.7 Å². The monoisotopic (exact) mass is 555 g/mol. The molecule has 3 heterocycles. The molecule has 0 spiro atoms. The van der Waals surface area contributed by atoms with Gasteiger partial charge < -0.3 is 10.1 Å². The van der Waals surface area contributed by atoms with Crippen LogP contribution < -0.4 is 10.9 Å². The van der Waals surface area contributed by atoms with E-state index in [2.05, 4.69) is 17.2 Å². The van der Waals surface area contributed by atoms with E-state index in [0.29, 0.717) is 31.7 Å². The molecule has 1 atom stereocenters. The quantitative estimate of drug-likeness (QED) is 0.291. The fourth-order valence-corrected chi connectivity index (χ4v) is 7.34. The lowest BCUT2D eigenvalue weighted by atomic mass is 9.88. The highest BCUT2D eigenvalue weighted by Gasteiger charge is 2.29. The Balaban J connectivity index is 1.46. The number of fused-ring (bicyclic) bond motifs is 2. The van der Waals surface area contributed by atoms with Gasteiger partial charge >= 0.3 is 5.97 Å². The normalized spacial score (nSPS) is 15.0. The minimum absolute atomic E-state index is 0.224. The van der Waals surface area contributed by atoms with Crippen LogP contribution in [0.1, 0.15) is 45.9 Å². The van der Waals surface area contributed by atoms with Crippen LogP contribution in [0.5, 0.6) is 0 Å². The number of nitrogens with one attached hydrogen (secondary N) is 1. The number of esters is 1. The minimum atomic E-state index is -0.425. The second kappa shape index (κ2) is 10.4. The van der Waals surface area contributed by atoms with Gasteiger partial charge in [-0.1, -0.05) is 30.7 Å². The Bertz CT molecular complexity index is 1570. The van der Waals surface area contributed by atoms with Gasteiger partial charge in [0.25, 0.3) is 5.56 Å². The summed E-state index contributed by atoms with van der Waals surface area (Å²) in [5.74, 6) is -0.308. The highest BCUT2D eigenvalue weighted by Crippen LogP contribution is 2.40. The lowest BCUT2D eigenvalue weighted by Gasteiger charge is -2.18. The van der Waals surface area contributed by atoms with E-state index in [1.54, 1.807) is 19.1 Å². The van der Waals surface area contributed by atoms with Crippen LogP contribution in [0.25, 0.3) is 21.3 Å². The Hall–Kier alpha value is -3.01. The van der Waals surface area contributed by atoms with E-state index in [0.717, 1.165) is 45.7 Å². The molecule has 3 aromatic heterocycles. The van der Waals surface area contributed by atoms with Gasteiger partial charge in [0.15, 0.2) is 0 Å². The summed E-state index contributed by atoms with van der Waals surface area (Å²) in [6.45, 7) is 5.92. The van der Waals surface area contributed by atoms with Crippen molar-refractivity contribution in [3.63, 3.8) is 0 Å². The van der Waals surface area contributed by atoms with Crippen LogP contribution in [-0.2, 0) is 28.9 Å². The van der Waals surface area contributed by atoms with Crippen molar-refractivity contribution in [3.05, 3.63) is 66.9 Å². The summed E-state index contributed by atoms with van der Waals surface area (Å²) in [7, 11) is 0. The van der Waals surface area contributed by atoms with Gasteiger partial charge in [-0.05, 0) is 62.3 Å². The molecule has 1 aromatic carbocycles. The summed E-state index contributed by atoms with van der Waals surface area (Å²) in [5, 5.41) is 4.46. The predicted molar refractivity (Wildman–Crippen MR) is 149 cm³/mol. The third-order valence-corrected chi connectivity index (χ3v) is 8.98. The van der Waals surface area contributed by atoms with Crippen LogP contribution in [0.15, 0.2) is 35.4 Å². The van der Waals surface area contributed by atoms with E-state index in [4.69, 9.17) is 16.3 Å². The Labute approximate surface area is 227 Å². The van der Waals surface area contributed by atoms with Crippen molar-refractivity contribution in [2.75, 3.05) is 11.9 Å². The number of thiophene rings is 2. The van der Waals surface area contributed by atoms with E-state index in [9.17, 15) is 14.4 Å². The summed E-state index contributed by atoms with van der Waals surface area (Å²) >= 11 is 8.92. The number of aryl methyl sites for hydroxylation is 1. The highest BCUT2D eigenvalue weighted by molar-refractivity contribution is 7.19. The van der Waals surface area contributed by atoms with Crippen molar-refractivity contribution in [1.29, 1.82) is 0 Å². The van der Waals surface area contributed by atoms with Crippen molar-refractivity contribution in [1.82, 2.24) is 9.55 Å². The van der Waals surface area contributed by atoms with Crippen molar-refractivity contribution in [2.24, 2.45) is 5.92 Å². The molecule has 7 nitrogen and oxygen atoms in total. The molecule has 1 amide bonds. The van der Waals surface area contributed by atoms with Gasteiger partial charge in [-0.2, -0.15) is 0 Å². The van der Waals surface area contributed by atoms with Crippen LogP contribution in [0.4, 0.5) is 5.00 Å². The van der Waals surface area contributed by atoms with E-state index >= 15 is 0 Å². The lowest BCUT2D eigenvalue weighted by Crippen LogP contribution is -2.28. The number of benzene rings is 1. The molecule has 1 N–H and O–H groups in total. The number of amides is 1. The first-order valence-electron chi connectivity index (χ1n) is 12.1. The van der Waals surface area contributed by atoms with Gasteiger partial charge in [-0.3, -0.25) is 14.2 Å². The zero-order valence-electron chi connectivity index (χ0n) is 20.7. The molecule has 0 aliphatic heterocycles. The zero-order chi connectivity index (χ0) is 26.3. The number of hydrogen-bond acceptors (Lipinski definition) is 7. The molecule has 37 heavy (non-hydrogen) atoms. The SMILES string of the molecule is CCOC(=O)c1c(NC(=O)Cn2cnc3sc(C)c(-c4ccc(Cl)cc4)c3c2=O)sc2c1CCC(C)C2. The fourth-order valence-electron chi connectivity index (χ4n) is 4.79. The molecule has 5 rings (SSSR count). The van der Waals surface area contributed by atoms with Crippen molar-refractivity contribution < 1.29 is 14.3 Å². The molecule has 0 fully saturated rings. The predicted octanol–water partition coefficient (Wildman–Crippen LogP) is 6.09. The Morgan fingerprint density at radius 1 is 1.24 bits per heavy atom. The average Bonchev–Trinajstić information content (AvgIpc) is 3.38. The maximum atomic E-state index is 13.5. The number of carbonyl (C=O) groups excluding carboxylic acids is 2. The number of ether oxygens (including phenoxy) is 1. The highest BCUT2D eigenvalue weighted by atomic mass is 35.5. The number of rotatable bonds is 6. The van der Waals surface area contributed by atoms with Gasteiger partial charge in [0, 0.05) is 20.3 Å². The summed E-state index contributed by atoms with van der Waals surface area (Å²) in [4.78, 5) is 46.5. The minimum Gasteiger partial charge on any atom is -0.462 e. The van der Waals surface area contributed by atoms with Crippen LogP contribution >= 0.6 is 34.3 Å². The molecule has 4 aromatic rings. The smallest absolute Gasteiger partial charge is 0.341 e. The first-order chi connectivity index (χ1) is 17.8. The standard InChI is InChI=1S/C27H26ClN3O4S2/c1-4-35-27(34)22-18-10-5-14(2)11-19(18)37-25(22)30-20(32)12-31-13-29-24-23(26(31)33)21(15(3)36-24)16-6-8-17(28)9-7-16/h6-9,13-14H,4-5,10-12H2,1-3H3,(H,30,32). The molecule has 0 saturated carbocycles. The Morgan fingerprint density at radius 2 is 2.00 bits per heavy atom. The molecule has 1 aliphatic rings. The molecule has 10 heteroatoms. The first-order valence-corrected chi connectivity index (χ1v) is 14.1. The molecule has 0 saturated heterocycles. The number of anilines is 1. The summed E-state index contributed by atoms with van der Waals surface area (Å²) in [6.07, 6.45) is 4.04. The molecule has 192 valence electrons. The van der Waals surface area contributed by atoms with Crippen LogP contribution in [-0.4, -0.2) is 28.0 Å². The van der Waals surface area contributed by atoms with Gasteiger partial charge in [0.2, 0.25) is 5.91 Å². The Kier molecular flexibility index (Phi) is 7.20. The summed E-state index contributed by atoms with van der Waals surface area (Å²) in [5.41, 5.74) is 2.79.